The Morgan fingerprint density at radius 2 is 2.41 bits per heavy atom. The highest BCUT2D eigenvalue weighted by Crippen LogP contribution is 2.24. The summed E-state index contributed by atoms with van der Waals surface area (Å²) in [6.07, 6.45) is 3.29. The van der Waals surface area contributed by atoms with Crippen LogP contribution in [0, 0.1) is 12.8 Å². The molecule has 94 valence electrons. The second kappa shape index (κ2) is 4.87. The first kappa shape index (κ1) is 12.1. The fraction of sp³-hybridized carbons (Fsp3) is 0.667. The fourth-order valence-corrected chi connectivity index (χ4v) is 2.42. The Bertz CT molecular complexity index is 393. The second-order valence-corrected chi connectivity index (χ2v) is 4.80. The van der Waals surface area contributed by atoms with Gasteiger partial charge in [0.2, 0.25) is 0 Å². The van der Waals surface area contributed by atoms with Gasteiger partial charge in [0.25, 0.3) is 5.91 Å². The van der Waals surface area contributed by atoms with Gasteiger partial charge in [0.1, 0.15) is 5.69 Å². The normalized spacial score (nSPS) is 23.9. The van der Waals surface area contributed by atoms with Crippen LogP contribution >= 0.6 is 0 Å². The number of carbonyl (C=O) groups is 1. The van der Waals surface area contributed by atoms with Crippen molar-refractivity contribution in [2.24, 2.45) is 18.7 Å². The van der Waals surface area contributed by atoms with Gasteiger partial charge in [-0.1, -0.05) is 6.42 Å². The number of aryl methyl sites for hydroxylation is 2. The second-order valence-electron chi connectivity index (χ2n) is 4.80. The molecule has 1 saturated carbocycles. The van der Waals surface area contributed by atoms with Crippen molar-refractivity contribution in [2.45, 2.75) is 32.2 Å². The lowest BCUT2D eigenvalue weighted by molar-refractivity contribution is 0.0923. The topological polar surface area (TPSA) is 72.9 Å². The Hall–Kier alpha value is -1.36. The summed E-state index contributed by atoms with van der Waals surface area (Å²) < 4.78 is 1.71. The predicted molar refractivity (Wildman–Crippen MR) is 65.6 cm³/mol. The molecule has 5 heteroatoms. The minimum atomic E-state index is -0.0842. The smallest absolute Gasteiger partial charge is 0.272 e. The molecule has 2 atom stereocenters. The molecule has 0 aromatic carbocycles. The molecule has 0 radical (unpaired) electrons. The van der Waals surface area contributed by atoms with Crippen molar-refractivity contribution in [3.8, 4) is 0 Å². The van der Waals surface area contributed by atoms with Crippen LogP contribution in [0.1, 0.15) is 35.4 Å². The molecule has 3 N–H and O–H groups in total. The minimum Gasteiger partial charge on any atom is -0.348 e. The molecule has 1 aliphatic rings. The van der Waals surface area contributed by atoms with Crippen LogP contribution in [-0.4, -0.2) is 28.3 Å². The summed E-state index contributed by atoms with van der Waals surface area (Å²) in [5.74, 6) is 0.336. The molecule has 2 unspecified atom stereocenters. The van der Waals surface area contributed by atoms with E-state index in [9.17, 15) is 4.79 Å². The largest absolute Gasteiger partial charge is 0.348 e. The summed E-state index contributed by atoms with van der Waals surface area (Å²) in [4.78, 5) is 12.0. The molecule has 0 aliphatic heterocycles. The summed E-state index contributed by atoms with van der Waals surface area (Å²) >= 11 is 0. The maximum atomic E-state index is 12.0. The highest BCUT2D eigenvalue weighted by Gasteiger charge is 2.28. The molecule has 1 aromatic heterocycles. The van der Waals surface area contributed by atoms with E-state index in [-0.39, 0.29) is 11.9 Å². The van der Waals surface area contributed by atoms with Crippen molar-refractivity contribution in [1.82, 2.24) is 15.1 Å². The van der Waals surface area contributed by atoms with Crippen LogP contribution in [0.4, 0.5) is 0 Å². The molecule has 0 saturated heterocycles. The monoisotopic (exact) mass is 236 g/mol. The minimum absolute atomic E-state index is 0.0842. The average Bonchev–Trinajstić information content (AvgIpc) is 2.86. The maximum Gasteiger partial charge on any atom is 0.272 e. The van der Waals surface area contributed by atoms with Crippen molar-refractivity contribution in [2.75, 3.05) is 6.54 Å². The van der Waals surface area contributed by atoms with Gasteiger partial charge in [-0.3, -0.25) is 9.48 Å². The summed E-state index contributed by atoms with van der Waals surface area (Å²) in [5, 5.41) is 7.22. The fourth-order valence-electron chi connectivity index (χ4n) is 2.42. The predicted octanol–water partition coefficient (Wildman–Crippen LogP) is 0.586. The number of nitrogens with zero attached hydrogens (tertiary/aromatic N) is 2. The van der Waals surface area contributed by atoms with E-state index in [1.165, 1.54) is 0 Å². The highest BCUT2D eigenvalue weighted by molar-refractivity contribution is 5.92. The lowest BCUT2D eigenvalue weighted by Gasteiger charge is -2.18. The van der Waals surface area contributed by atoms with Crippen molar-refractivity contribution >= 4 is 5.91 Å². The highest BCUT2D eigenvalue weighted by atomic mass is 16.2. The summed E-state index contributed by atoms with van der Waals surface area (Å²) in [6, 6.07) is 2.02. The quantitative estimate of drug-likeness (QED) is 0.806. The first-order valence-corrected chi connectivity index (χ1v) is 6.13. The van der Waals surface area contributed by atoms with Gasteiger partial charge in [-0.2, -0.15) is 5.10 Å². The summed E-state index contributed by atoms with van der Waals surface area (Å²) in [7, 11) is 1.84. The SMILES string of the molecule is Cc1cc(C(=O)NC2CCCC2CN)nn1C. The van der Waals surface area contributed by atoms with Gasteiger partial charge in [0.05, 0.1) is 0 Å². The molecule has 1 amide bonds. The van der Waals surface area contributed by atoms with E-state index in [0.29, 0.717) is 18.2 Å². The first-order chi connectivity index (χ1) is 8.11. The van der Waals surface area contributed by atoms with Crippen molar-refractivity contribution in [3.05, 3.63) is 17.5 Å². The number of nitrogens with one attached hydrogen (secondary N) is 1. The number of hydrogen-bond donors (Lipinski definition) is 2. The Morgan fingerprint density at radius 3 is 3.00 bits per heavy atom. The zero-order valence-electron chi connectivity index (χ0n) is 10.4. The third-order valence-electron chi connectivity index (χ3n) is 3.62. The lowest BCUT2D eigenvalue weighted by Crippen LogP contribution is -2.40. The molecule has 5 nitrogen and oxygen atoms in total. The van der Waals surface area contributed by atoms with Gasteiger partial charge in [-0.25, -0.2) is 0 Å². The molecule has 1 heterocycles. The van der Waals surface area contributed by atoms with E-state index < -0.39 is 0 Å². The van der Waals surface area contributed by atoms with Gasteiger partial charge in [0.15, 0.2) is 0 Å². The van der Waals surface area contributed by atoms with E-state index >= 15 is 0 Å². The van der Waals surface area contributed by atoms with Crippen LogP contribution < -0.4 is 11.1 Å². The molecule has 0 bridgehead atoms. The Kier molecular flexibility index (Phi) is 3.47. The number of amides is 1. The summed E-state index contributed by atoms with van der Waals surface area (Å²) in [6.45, 7) is 2.58. The van der Waals surface area contributed by atoms with E-state index in [1.807, 2.05) is 20.0 Å². The van der Waals surface area contributed by atoms with Gasteiger partial charge < -0.3 is 11.1 Å². The van der Waals surface area contributed by atoms with Gasteiger partial charge in [-0.05, 0) is 38.3 Å². The van der Waals surface area contributed by atoms with Crippen molar-refractivity contribution in [1.29, 1.82) is 0 Å². The Balaban J connectivity index is 2.01. The molecule has 1 aromatic rings. The van der Waals surface area contributed by atoms with Crippen molar-refractivity contribution in [3.63, 3.8) is 0 Å². The molecular weight excluding hydrogens is 216 g/mol. The third kappa shape index (κ3) is 2.49. The van der Waals surface area contributed by atoms with Crippen LogP contribution in [-0.2, 0) is 7.05 Å². The molecule has 0 spiro atoms. The van der Waals surface area contributed by atoms with Crippen molar-refractivity contribution < 1.29 is 4.79 Å². The van der Waals surface area contributed by atoms with Crippen LogP contribution in [0.15, 0.2) is 6.07 Å². The first-order valence-electron chi connectivity index (χ1n) is 6.13. The molecule has 1 aliphatic carbocycles. The molecular formula is C12H20N4O. The number of aromatic nitrogens is 2. The Morgan fingerprint density at radius 1 is 1.65 bits per heavy atom. The summed E-state index contributed by atoms with van der Waals surface area (Å²) in [5.41, 5.74) is 7.17. The third-order valence-corrected chi connectivity index (χ3v) is 3.62. The van der Waals surface area contributed by atoms with E-state index in [0.717, 1.165) is 25.0 Å². The number of hydrogen-bond acceptors (Lipinski definition) is 3. The van der Waals surface area contributed by atoms with Gasteiger partial charge in [0, 0.05) is 18.8 Å². The molecule has 2 rings (SSSR count). The van der Waals surface area contributed by atoms with Crippen LogP contribution in [0.2, 0.25) is 0 Å². The lowest BCUT2D eigenvalue weighted by atomic mass is 10.0. The number of nitrogens with two attached hydrogens (primary N) is 1. The standard InChI is InChI=1S/C12H20N4O/c1-8-6-11(15-16(8)2)12(17)14-10-5-3-4-9(10)7-13/h6,9-10H,3-5,7,13H2,1-2H3,(H,14,17). The van der Waals surface area contributed by atoms with Crippen LogP contribution in [0.3, 0.4) is 0 Å². The van der Waals surface area contributed by atoms with Gasteiger partial charge >= 0.3 is 0 Å². The van der Waals surface area contributed by atoms with Crippen LogP contribution in [0.25, 0.3) is 0 Å². The van der Waals surface area contributed by atoms with Crippen LogP contribution in [0.5, 0.6) is 0 Å². The maximum absolute atomic E-state index is 12.0. The number of carbonyl (C=O) groups excluding carboxylic acids is 1. The molecule has 17 heavy (non-hydrogen) atoms. The zero-order chi connectivity index (χ0) is 12.4. The van der Waals surface area contributed by atoms with E-state index in [1.54, 1.807) is 4.68 Å². The number of rotatable bonds is 3. The van der Waals surface area contributed by atoms with E-state index in [4.69, 9.17) is 5.73 Å². The van der Waals surface area contributed by atoms with E-state index in [2.05, 4.69) is 10.4 Å². The zero-order valence-corrected chi connectivity index (χ0v) is 10.4. The molecule has 1 fully saturated rings. The average molecular weight is 236 g/mol. The Labute approximate surface area is 101 Å². The van der Waals surface area contributed by atoms with Gasteiger partial charge in [-0.15, -0.1) is 0 Å².